The van der Waals surface area contributed by atoms with Crippen molar-refractivity contribution < 1.29 is 5.11 Å². The topological polar surface area (TPSA) is 46.2 Å². The number of hydrogen-bond donors (Lipinski definition) is 2. The molecule has 1 rings (SSSR count). The van der Waals surface area contributed by atoms with Gasteiger partial charge >= 0.3 is 0 Å². The van der Waals surface area contributed by atoms with Gasteiger partial charge in [-0.2, -0.15) is 11.8 Å². The summed E-state index contributed by atoms with van der Waals surface area (Å²) in [6.45, 7) is 4.33. The highest BCUT2D eigenvalue weighted by molar-refractivity contribution is 9.11. The zero-order valence-electron chi connectivity index (χ0n) is 9.52. The van der Waals surface area contributed by atoms with Crippen LogP contribution in [0, 0.1) is 5.92 Å². The number of nitrogens with two attached hydrogens (primary N) is 1. The van der Waals surface area contributed by atoms with E-state index in [1.54, 1.807) is 11.3 Å². The lowest BCUT2D eigenvalue weighted by molar-refractivity contribution is 0.250. The van der Waals surface area contributed by atoms with Crippen LogP contribution in [0.4, 0.5) is 0 Å². The van der Waals surface area contributed by atoms with Crippen molar-refractivity contribution in [2.45, 2.75) is 25.1 Å². The number of halogens is 1. The Kier molecular flexibility index (Phi) is 6.36. The normalized spacial score (nSPS) is 17.1. The van der Waals surface area contributed by atoms with Crippen LogP contribution in [0.15, 0.2) is 15.9 Å². The van der Waals surface area contributed by atoms with Gasteiger partial charge in [0.15, 0.2) is 0 Å². The predicted molar refractivity (Wildman–Crippen MR) is 77.1 cm³/mol. The maximum absolute atomic E-state index is 9.01. The summed E-state index contributed by atoms with van der Waals surface area (Å²) in [5.74, 6) is 1.27. The van der Waals surface area contributed by atoms with E-state index in [-0.39, 0.29) is 12.6 Å². The van der Waals surface area contributed by atoms with Crippen molar-refractivity contribution >= 4 is 39.0 Å². The minimum absolute atomic E-state index is 0.126. The lowest BCUT2D eigenvalue weighted by atomic mass is 10.2. The van der Waals surface area contributed by atoms with E-state index in [4.69, 9.17) is 10.8 Å². The third kappa shape index (κ3) is 4.37. The van der Waals surface area contributed by atoms with Crippen molar-refractivity contribution in [2.24, 2.45) is 11.7 Å². The lowest BCUT2D eigenvalue weighted by Gasteiger charge is -2.20. The minimum atomic E-state index is 0.126. The summed E-state index contributed by atoms with van der Waals surface area (Å²) in [6, 6.07) is 4.31. The summed E-state index contributed by atoms with van der Waals surface area (Å²) in [7, 11) is 0. The summed E-state index contributed by atoms with van der Waals surface area (Å²) in [5.41, 5.74) is 6.01. The van der Waals surface area contributed by atoms with E-state index in [2.05, 4.69) is 35.0 Å². The molecule has 1 aromatic rings. The first kappa shape index (κ1) is 14.5. The maximum Gasteiger partial charge on any atom is 0.0701 e. The molecule has 5 heteroatoms. The number of rotatable bonds is 6. The van der Waals surface area contributed by atoms with Gasteiger partial charge in [-0.15, -0.1) is 11.3 Å². The molecular formula is C11H18BrNOS2. The van der Waals surface area contributed by atoms with Gasteiger partial charge in [-0.25, -0.2) is 0 Å². The Hall–Kier alpha value is 0.450. The molecule has 0 spiro atoms. The molecule has 0 aliphatic rings. The lowest BCUT2D eigenvalue weighted by Crippen LogP contribution is -2.23. The zero-order valence-corrected chi connectivity index (χ0v) is 12.7. The molecule has 0 bridgehead atoms. The number of thiophene rings is 1. The summed E-state index contributed by atoms with van der Waals surface area (Å²) < 4.78 is 1.14. The standard InChI is InChI=1S/C11H18BrNOS2/c1-7(5-14)6-15-11(8(2)13)9-3-4-10(12)16-9/h3-4,7-8,11,14H,5-6,13H2,1-2H3. The monoisotopic (exact) mass is 323 g/mol. The Morgan fingerprint density at radius 2 is 2.19 bits per heavy atom. The van der Waals surface area contributed by atoms with Crippen LogP contribution in [0.3, 0.4) is 0 Å². The fourth-order valence-electron chi connectivity index (χ4n) is 1.29. The van der Waals surface area contributed by atoms with E-state index in [1.807, 2.05) is 18.7 Å². The van der Waals surface area contributed by atoms with Crippen molar-refractivity contribution in [1.82, 2.24) is 0 Å². The number of aliphatic hydroxyl groups is 1. The Bertz CT molecular complexity index is 317. The van der Waals surface area contributed by atoms with Gasteiger partial charge in [0, 0.05) is 17.5 Å². The molecule has 0 aliphatic carbocycles. The SMILES string of the molecule is CC(CO)CSC(c1ccc(Br)s1)C(C)N. The molecule has 3 N–H and O–H groups in total. The fourth-order valence-corrected chi connectivity index (χ4v) is 4.35. The summed E-state index contributed by atoms with van der Waals surface area (Å²) in [5, 5.41) is 9.34. The Morgan fingerprint density at radius 3 is 2.62 bits per heavy atom. The molecule has 16 heavy (non-hydrogen) atoms. The summed E-state index contributed by atoms with van der Waals surface area (Å²) in [6.07, 6.45) is 0. The second kappa shape index (κ2) is 7.01. The van der Waals surface area contributed by atoms with Gasteiger partial charge in [0.2, 0.25) is 0 Å². The maximum atomic E-state index is 9.01. The van der Waals surface area contributed by atoms with Gasteiger partial charge in [0.1, 0.15) is 0 Å². The van der Waals surface area contributed by atoms with Crippen LogP contribution in [0.5, 0.6) is 0 Å². The van der Waals surface area contributed by atoms with Crippen LogP contribution in [-0.4, -0.2) is 23.5 Å². The molecule has 3 atom stereocenters. The van der Waals surface area contributed by atoms with Crippen molar-refractivity contribution in [3.8, 4) is 0 Å². The van der Waals surface area contributed by atoms with Crippen LogP contribution in [0.1, 0.15) is 24.0 Å². The number of hydrogen-bond acceptors (Lipinski definition) is 4. The van der Waals surface area contributed by atoms with Crippen LogP contribution >= 0.6 is 39.0 Å². The molecule has 1 heterocycles. The molecule has 0 aromatic carbocycles. The van der Waals surface area contributed by atoms with Gasteiger partial charge in [-0.3, -0.25) is 0 Å². The first-order valence-corrected chi connectivity index (χ1v) is 7.93. The van der Waals surface area contributed by atoms with E-state index in [0.29, 0.717) is 11.2 Å². The third-order valence-electron chi connectivity index (χ3n) is 2.22. The molecule has 3 unspecified atom stereocenters. The molecule has 0 saturated carbocycles. The van der Waals surface area contributed by atoms with Gasteiger partial charge in [0.25, 0.3) is 0 Å². The van der Waals surface area contributed by atoms with E-state index >= 15 is 0 Å². The molecule has 0 radical (unpaired) electrons. The smallest absolute Gasteiger partial charge is 0.0701 e. The second-order valence-corrected chi connectivity index (χ2v) is 7.71. The molecule has 0 fully saturated rings. The highest BCUT2D eigenvalue weighted by Crippen LogP contribution is 2.38. The minimum Gasteiger partial charge on any atom is -0.396 e. The Labute approximate surface area is 114 Å². The van der Waals surface area contributed by atoms with Crippen molar-refractivity contribution in [2.75, 3.05) is 12.4 Å². The third-order valence-corrected chi connectivity index (χ3v) is 5.88. The number of aliphatic hydroxyl groups excluding tert-OH is 1. The van der Waals surface area contributed by atoms with E-state index in [0.717, 1.165) is 9.54 Å². The quantitative estimate of drug-likeness (QED) is 0.844. The summed E-state index contributed by atoms with van der Waals surface area (Å²) >= 11 is 7.04. The predicted octanol–water partition coefficient (Wildman–Crippen LogP) is 3.26. The Balaban J connectivity index is 2.61. The van der Waals surface area contributed by atoms with Gasteiger partial charge < -0.3 is 10.8 Å². The highest BCUT2D eigenvalue weighted by atomic mass is 79.9. The van der Waals surface area contributed by atoms with E-state index in [9.17, 15) is 0 Å². The first-order chi connectivity index (χ1) is 7.54. The highest BCUT2D eigenvalue weighted by Gasteiger charge is 2.19. The molecular weight excluding hydrogens is 306 g/mol. The molecule has 92 valence electrons. The largest absolute Gasteiger partial charge is 0.396 e. The van der Waals surface area contributed by atoms with Crippen LogP contribution < -0.4 is 5.73 Å². The molecule has 1 aromatic heterocycles. The molecule has 2 nitrogen and oxygen atoms in total. The molecule has 0 amide bonds. The van der Waals surface area contributed by atoms with Crippen LogP contribution in [0.2, 0.25) is 0 Å². The van der Waals surface area contributed by atoms with E-state index in [1.165, 1.54) is 4.88 Å². The zero-order chi connectivity index (χ0) is 12.1. The average molecular weight is 324 g/mol. The number of thioether (sulfide) groups is 1. The first-order valence-electron chi connectivity index (χ1n) is 5.28. The summed E-state index contributed by atoms with van der Waals surface area (Å²) in [4.78, 5) is 1.30. The fraction of sp³-hybridized carbons (Fsp3) is 0.636. The average Bonchev–Trinajstić information content (AvgIpc) is 2.64. The molecule has 0 aliphatic heterocycles. The molecule has 0 saturated heterocycles. The van der Waals surface area contributed by atoms with Gasteiger partial charge in [0.05, 0.1) is 9.04 Å². The van der Waals surface area contributed by atoms with Gasteiger partial charge in [-0.05, 0) is 46.7 Å². The van der Waals surface area contributed by atoms with Gasteiger partial charge in [-0.1, -0.05) is 6.92 Å². The second-order valence-electron chi connectivity index (χ2n) is 4.04. The van der Waals surface area contributed by atoms with Crippen LogP contribution in [0.25, 0.3) is 0 Å². The Morgan fingerprint density at radius 1 is 1.50 bits per heavy atom. The van der Waals surface area contributed by atoms with Crippen LogP contribution in [-0.2, 0) is 0 Å². The van der Waals surface area contributed by atoms with Crippen molar-refractivity contribution in [1.29, 1.82) is 0 Å². The van der Waals surface area contributed by atoms with Crippen molar-refractivity contribution in [3.05, 3.63) is 20.8 Å². The van der Waals surface area contributed by atoms with E-state index < -0.39 is 0 Å². The van der Waals surface area contributed by atoms with Crippen molar-refractivity contribution in [3.63, 3.8) is 0 Å².